The average molecular weight is 277 g/mol. The second-order valence-electron chi connectivity index (χ2n) is 4.07. The molecule has 2 rings (SSSR count). The van der Waals surface area contributed by atoms with Crippen molar-refractivity contribution in [1.29, 1.82) is 5.26 Å². The first-order valence-electron chi connectivity index (χ1n) is 5.54. The second-order valence-corrected chi connectivity index (χ2v) is 5.07. The first kappa shape index (κ1) is 13.4. The highest BCUT2D eigenvalue weighted by molar-refractivity contribution is 7.99. The first-order valence-corrected chi connectivity index (χ1v) is 6.69. The quantitative estimate of drug-likeness (QED) is 0.861. The first-order chi connectivity index (χ1) is 9.04. The van der Waals surface area contributed by atoms with Gasteiger partial charge in [0.2, 0.25) is 0 Å². The molecule has 1 N–H and O–H groups in total. The minimum atomic E-state index is -1.01. The molecule has 1 aromatic rings. The van der Waals surface area contributed by atoms with E-state index in [1.165, 1.54) is 28.8 Å². The largest absolute Gasteiger partial charge is 0.480 e. The molecule has 0 radical (unpaired) electrons. The molecule has 1 aromatic heterocycles. The van der Waals surface area contributed by atoms with Crippen molar-refractivity contribution in [3.8, 4) is 6.07 Å². The van der Waals surface area contributed by atoms with E-state index >= 15 is 0 Å². The highest BCUT2D eigenvalue weighted by Gasteiger charge is 2.35. The van der Waals surface area contributed by atoms with Crippen LogP contribution in [-0.4, -0.2) is 44.5 Å². The predicted octanol–water partition coefficient (Wildman–Crippen LogP) is 0.861. The molecule has 0 aromatic carbocycles. The minimum absolute atomic E-state index is 0.172. The summed E-state index contributed by atoms with van der Waals surface area (Å²) < 4.78 is 0. The molecule has 1 atom stereocenters. The summed E-state index contributed by atoms with van der Waals surface area (Å²) in [7, 11) is 0. The van der Waals surface area contributed by atoms with Crippen molar-refractivity contribution in [2.45, 2.75) is 13.0 Å². The molecule has 1 fully saturated rings. The summed E-state index contributed by atoms with van der Waals surface area (Å²) in [5.41, 5.74) is 1.04. The number of aryl methyl sites for hydroxylation is 1. The summed E-state index contributed by atoms with van der Waals surface area (Å²) in [6, 6.07) is 4.14. The molecule has 6 nitrogen and oxygen atoms in total. The summed E-state index contributed by atoms with van der Waals surface area (Å²) in [6.45, 7) is 1.64. The van der Waals surface area contributed by atoms with E-state index in [0.717, 1.165) is 0 Å². The Kier molecular flexibility index (Phi) is 3.71. The van der Waals surface area contributed by atoms with Crippen molar-refractivity contribution in [3.05, 3.63) is 29.1 Å². The van der Waals surface area contributed by atoms with Crippen LogP contribution < -0.4 is 0 Å². The molecule has 0 unspecified atom stereocenters. The van der Waals surface area contributed by atoms with Crippen LogP contribution >= 0.6 is 11.8 Å². The Morgan fingerprint density at radius 2 is 2.32 bits per heavy atom. The van der Waals surface area contributed by atoms with Crippen LogP contribution in [0.2, 0.25) is 0 Å². The number of carbonyl (C=O) groups excluding carboxylic acids is 1. The van der Waals surface area contributed by atoms with Crippen molar-refractivity contribution >= 4 is 23.6 Å². The third kappa shape index (κ3) is 2.53. The van der Waals surface area contributed by atoms with Crippen molar-refractivity contribution in [3.63, 3.8) is 0 Å². The maximum Gasteiger partial charge on any atom is 0.327 e. The van der Waals surface area contributed by atoms with E-state index < -0.39 is 17.9 Å². The Bertz CT molecular complexity index is 582. The Morgan fingerprint density at radius 3 is 2.89 bits per heavy atom. The molecular weight excluding hydrogens is 266 g/mol. The molecule has 98 valence electrons. The standard InChI is InChI=1S/C12H11N3O3S/c1-7-8(4-13)2-3-9(14-7)11(16)15-6-19-5-10(15)12(17)18/h2-3,10H,5-6H2,1H3,(H,17,18)/t10-/m0/s1. The fourth-order valence-corrected chi connectivity index (χ4v) is 2.94. The Balaban J connectivity index is 2.27. The van der Waals surface area contributed by atoms with Gasteiger partial charge in [-0.25, -0.2) is 9.78 Å². The summed E-state index contributed by atoms with van der Waals surface area (Å²) >= 11 is 1.40. The molecule has 1 aliphatic heterocycles. The van der Waals surface area contributed by atoms with E-state index in [4.69, 9.17) is 10.4 Å². The molecule has 0 bridgehead atoms. The third-order valence-corrected chi connectivity index (χ3v) is 3.87. The number of aliphatic carboxylic acids is 1. The molecule has 0 saturated carbocycles. The number of amides is 1. The summed E-state index contributed by atoms with van der Waals surface area (Å²) in [5, 5.41) is 17.9. The van der Waals surface area contributed by atoms with Crippen LogP contribution in [-0.2, 0) is 4.79 Å². The fourth-order valence-electron chi connectivity index (χ4n) is 1.79. The van der Waals surface area contributed by atoms with Gasteiger partial charge in [-0.05, 0) is 19.1 Å². The lowest BCUT2D eigenvalue weighted by atomic mass is 10.2. The van der Waals surface area contributed by atoms with Gasteiger partial charge in [0, 0.05) is 5.75 Å². The predicted molar refractivity (Wildman–Crippen MR) is 68.6 cm³/mol. The smallest absolute Gasteiger partial charge is 0.327 e. The van der Waals surface area contributed by atoms with Crippen LogP contribution in [0.1, 0.15) is 21.7 Å². The van der Waals surface area contributed by atoms with E-state index in [9.17, 15) is 9.59 Å². The van der Waals surface area contributed by atoms with Gasteiger partial charge in [-0.2, -0.15) is 5.26 Å². The van der Waals surface area contributed by atoms with Crippen LogP contribution in [0.4, 0.5) is 0 Å². The molecule has 1 aliphatic rings. The van der Waals surface area contributed by atoms with Crippen LogP contribution in [0.3, 0.4) is 0 Å². The van der Waals surface area contributed by atoms with Crippen LogP contribution in [0.5, 0.6) is 0 Å². The van der Waals surface area contributed by atoms with Gasteiger partial charge in [0.25, 0.3) is 5.91 Å². The summed E-state index contributed by atoms with van der Waals surface area (Å²) in [6.07, 6.45) is 0. The number of carbonyl (C=O) groups is 2. The van der Waals surface area contributed by atoms with Crippen molar-refractivity contribution in [1.82, 2.24) is 9.88 Å². The average Bonchev–Trinajstić information content (AvgIpc) is 2.87. The van der Waals surface area contributed by atoms with E-state index in [2.05, 4.69) is 4.98 Å². The minimum Gasteiger partial charge on any atom is -0.480 e. The van der Waals surface area contributed by atoms with Gasteiger partial charge in [-0.15, -0.1) is 11.8 Å². The van der Waals surface area contributed by atoms with Gasteiger partial charge in [0.05, 0.1) is 17.1 Å². The topological polar surface area (TPSA) is 94.3 Å². The maximum atomic E-state index is 12.2. The number of hydrogen-bond donors (Lipinski definition) is 1. The molecule has 7 heteroatoms. The number of rotatable bonds is 2. The number of nitrogens with zero attached hydrogens (tertiary/aromatic N) is 3. The van der Waals surface area contributed by atoms with Crippen LogP contribution in [0.15, 0.2) is 12.1 Å². The Labute approximate surface area is 114 Å². The molecule has 0 spiro atoms. The third-order valence-electron chi connectivity index (χ3n) is 2.85. The number of pyridine rings is 1. The van der Waals surface area contributed by atoms with Gasteiger partial charge in [0.15, 0.2) is 0 Å². The fraction of sp³-hybridized carbons (Fsp3) is 0.333. The molecular formula is C12H11N3O3S. The van der Waals surface area contributed by atoms with Gasteiger partial charge in [-0.1, -0.05) is 0 Å². The highest BCUT2D eigenvalue weighted by Crippen LogP contribution is 2.23. The van der Waals surface area contributed by atoms with Crippen LogP contribution in [0.25, 0.3) is 0 Å². The lowest BCUT2D eigenvalue weighted by Crippen LogP contribution is -2.42. The van der Waals surface area contributed by atoms with E-state index in [1.54, 1.807) is 6.92 Å². The van der Waals surface area contributed by atoms with Crippen molar-refractivity contribution in [2.75, 3.05) is 11.6 Å². The molecule has 19 heavy (non-hydrogen) atoms. The van der Waals surface area contributed by atoms with Gasteiger partial charge in [-0.3, -0.25) is 4.79 Å². The van der Waals surface area contributed by atoms with Gasteiger partial charge in [0.1, 0.15) is 17.8 Å². The lowest BCUT2D eigenvalue weighted by Gasteiger charge is -2.20. The molecule has 1 amide bonds. The lowest BCUT2D eigenvalue weighted by molar-refractivity contribution is -0.140. The number of carboxylic acids is 1. The van der Waals surface area contributed by atoms with E-state index in [1.807, 2.05) is 6.07 Å². The number of thioether (sulfide) groups is 1. The number of nitriles is 1. The van der Waals surface area contributed by atoms with Crippen molar-refractivity contribution < 1.29 is 14.7 Å². The zero-order valence-corrected chi connectivity index (χ0v) is 11.0. The van der Waals surface area contributed by atoms with E-state index in [-0.39, 0.29) is 5.69 Å². The molecule has 0 aliphatic carbocycles. The zero-order chi connectivity index (χ0) is 14.0. The highest BCUT2D eigenvalue weighted by atomic mass is 32.2. The molecule has 1 saturated heterocycles. The van der Waals surface area contributed by atoms with E-state index in [0.29, 0.717) is 22.9 Å². The zero-order valence-electron chi connectivity index (χ0n) is 10.2. The molecule has 2 heterocycles. The number of hydrogen-bond acceptors (Lipinski definition) is 5. The van der Waals surface area contributed by atoms with Gasteiger partial charge < -0.3 is 10.0 Å². The van der Waals surface area contributed by atoms with Gasteiger partial charge >= 0.3 is 5.97 Å². The van der Waals surface area contributed by atoms with Crippen molar-refractivity contribution in [2.24, 2.45) is 0 Å². The maximum absolute atomic E-state index is 12.2. The Morgan fingerprint density at radius 1 is 1.58 bits per heavy atom. The van der Waals surface area contributed by atoms with Crippen LogP contribution in [0, 0.1) is 18.3 Å². The summed E-state index contributed by atoms with van der Waals surface area (Å²) in [4.78, 5) is 28.6. The normalized spacial score (nSPS) is 18.1. The summed E-state index contributed by atoms with van der Waals surface area (Å²) in [5.74, 6) is -0.693. The number of carboxylic acid groups (broad SMARTS) is 1. The monoisotopic (exact) mass is 277 g/mol. The SMILES string of the molecule is Cc1nc(C(=O)N2CSC[C@H]2C(=O)O)ccc1C#N. The Hall–Kier alpha value is -2.07. The second kappa shape index (κ2) is 5.28. The number of aromatic nitrogens is 1.